The zero-order valence-electron chi connectivity index (χ0n) is 17.1. The Morgan fingerprint density at radius 3 is 3.00 bits per heavy atom. The topological polar surface area (TPSA) is 100 Å². The van der Waals surface area contributed by atoms with Crippen molar-refractivity contribution in [3.8, 4) is 5.75 Å². The molecule has 0 aliphatic carbocycles. The van der Waals surface area contributed by atoms with Crippen molar-refractivity contribution in [1.82, 2.24) is 9.88 Å². The lowest BCUT2D eigenvalue weighted by molar-refractivity contribution is 0.0524. The van der Waals surface area contributed by atoms with Crippen molar-refractivity contribution >= 4 is 35.5 Å². The molecule has 2 aromatic rings. The number of carbonyl (C=O) groups excluding carboxylic acids is 1. The van der Waals surface area contributed by atoms with E-state index in [0.29, 0.717) is 12.4 Å². The number of nitrogens with one attached hydrogen (secondary N) is 1. The van der Waals surface area contributed by atoms with Crippen LogP contribution in [0.4, 0.5) is 11.7 Å². The molecule has 8 nitrogen and oxygen atoms in total. The Kier molecular flexibility index (Phi) is 6.13. The van der Waals surface area contributed by atoms with E-state index >= 15 is 0 Å². The highest BCUT2D eigenvalue weighted by Gasteiger charge is 2.27. The van der Waals surface area contributed by atoms with Crippen LogP contribution in [-0.4, -0.2) is 60.0 Å². The molecule has 2 aliphatic heterocycles. The lowest BCUT2D eigenvalue weighted by atomic mass is 10.1. The molecular formula is C22H26N4O4. The molecule has 158 valence electrons. The number of hydrogen-bond acceptors (Lipinski definition) is 8. The first-order valence-corrected chi connectivity index (χ1v) is 10.4. The van der Waals surface area contributed by atoms with Gasteiger partial charge in [-0.15, -0.1) is 0 Å². The van der Waals surface area contributed by atoms with Gasteiger partial charge in [-0.1, -0.05) is 6.42 Å². The molecule has 4 heterocycles. The van der Waals surface area contributed by atoms with E-state index in [1.165, 1.54) is 19.3 Å². The van der Waals surface area contributed by atoms with Gasteiger partial charge < -0.3 is 24.5 Å². The van der Waals surface area contributed by atoms with Crippen molar-refractivity contribution in [2.75, 3.05) is 38.1 Å². The monoisotopic (exact) mass is 410 g/mol. The van der Waals surface area contributed by atoms with Gasteiger partial charge in [0.25, 0.3) is 0 Å². The third-order valence-electron chi connectivity index (χ3n) is 5.26. The first kappa shape index (κ1) is 20.2. The van der Waals surface area contributed by atoms with Crippen LogP contribution in [0.5, 0.6) is 5.75 Å². The Balaban J connectivity index is 1.57. The molecule has 0 saturated carbocycles. The molecule has 0 radical (unpaired) electrons. The average molecular weight is 410 g/mol. The van der Waals surface area contributed by atoms with Gasteiger partial charge in [0.15, 0.2) is 22.9 Å². The van der Waals surface area contributed by atoms with E-state index < -0.39 is 5.97 Å². The number of rotatable bonds is 7. The summed E-state index contributed by atoms with van der Waals surface area (Å²) >= 11 is 0. The molecule has 0 amide bonds. The summed E-state index contributed by atoms with van der Waals surface area (Å²) in [4.78, 5) is 23.3. The van der Waals surface area contributed by atoms with Gasteiger partial charge in [-0.3, -0.25) is 0 Å². The van der Waals surface area contributed by atoms with Crippen molar-refractivity contribution in [2.45, 2.75) is 26.2 Å². The van der Waals surface area contributed by atoms with E-state index in [-0.39, 0.29) is 29.6 Å². The van der Waals surface area contributed by atoms with Gasteiger partial charge in [-0.05, 0) is 51.1 Å². The smallest absolute Gasteiger partial charge is 0.347 e. The molecule has 2 N–H and O–H groups in total. The second kappa shape index (κ2) is 9.13. The minimum absolute atomic E-state index is 0.0173. The SMILES string of the molecule is CCOC(=O)c1c(NCCN2CCCCC2)oc(C=C2C=Nc3ncccc32)c1O. The van der Waals surface area contributed by atoms with Crippen LogP contribution in [0, 0.1) is 0 Å². The van der Waals surface area contributed by atoms with E-state index in [0.717, 1.165) is 30.8 Å². The zero-order chi connectivity index (χ0) is 20.9. The number of aliphatic imine (C=N–C) groups is 1. The molecule has 1 saturated heterocycles. The van der Waals surface area contributed by atoms with Crippen LogP contribution < -0.4 is 5.32 Å². The summed E-state index contributed by atoms with van der Waals surface area (Å²) in [5.41, 5.74) is 1.60. The number of fused-ring (bicyclic) bond motifs is 1. The molecule has 0 spiro atoms. The summed E-state index contributed by atoms with van der Waals surface area (Å²) in [6, 6.07) is 3.71. The Morgan fingerprint density at radius 2 is 2.20 bits per heavy atom. The summed E-state index contributed by atoms with van der Waals surface area (Å²) in [6.45, 7) is 5.54. The second-order valence-corrected chi connectivity index (χ2v) is 7.30. The third kappa shape index (κ3) is 4.23. The summed E-state index contributed by atoms with van der Waals surface area (Å²) in [5, 5.41) is 13.9. The lowest BCUT2D eigenvalue weighted by Crippen LogP contribution is -2.33. The van der Waals surface area contributed by atoms with Gasteiger partial charge >= 0.3 is 5.97 Å². The van der Waals surface area contributed by atoms with Gasteiger partial charge in [-0.2, -0.15) is 0 Å². The van der Waals surface area contributed by atoms with Gasteiger partial charge in [0.05, 0.1) is 6.61 Å². The fraction of sp³-hybridized carbons (Fsp3) is 0.409. The summed E-state index contributed by atoms with van der Waals surface area (Å²) < 4.78 is 11.0. The maximum Gasteiger partial charge on any atom is 0.347 e. The van der Waals surface area contributed by atoms with Crippen LogP contribution in [-0.2, 0) is 4.74 Å². The number of ether oxygens (including phenoxy) is 1. The van der Waals surface area contributed by atoms with Crippen molar-refractivity contribution in [3.63, 3.8) is 0 Å². The molecule has 8 heteroatoms. The highest BCUT2D eigenvalue weighted by atomic mass is 16.5. The van der Waals surface area contributed by atoms with Crippen LogP contribution in [0.25, 0.3) is 11.6 Å². The number of nitrogens with zero attached hydrogens (tertiary/aromatic N) is 3. The maximum absolute atomic E-state index is 12.5. The Hall–Kier alpha value is -3.13. The number of aromatic nitrogens is 1. The number of furan rings is 1. The highest BCUT2D eigenvalue weighted by Crippen LogP contribution is 2.38. The molecule has 30 heavy (non-hydrogen) atoms. The van der Waals surface area contributed by atoms with E-state index in [1.807, 2.05) is 12.1 Å². The number of aromatic hydroxyl groups is 1. The molecule has 0 atom stereocenters. The number of esters is 1. The highest BCUT2D eigenvalue weighted by molar-refractivity contribution is 6.21. The summed E-state index contributed by atoms with van der Waals surface area (Å²) in [7, 11) is 0. The summed E-state index contributed by atoms with van der Waals surface area (Å²) in [5.74, 6) is 0.145. The van der Waals surface area contributed by atoms with Crippen molar-refractivity contribution in [2.24, 2.45) is 4.99 Å². The molecular weight excluding hydrogens is 384 g/mol. The Bertz CT molecular complexity index is 974. The molecule has 2 aromatic heterocycles. The number of carbonyl (C=O) groups is 1. The van der Waals surface area contributed by atoms with Crippen LogP contribution in [0.1, 0.15) is 47.9 Å². The maximum atomic E-state index is 12.5. The van der Waals surface area contributed by atoms with E-state index in [1.54, 1.807) is 25.4 Å². The quantitative estimate of drug-likeness (QED) is 0.671. The third-order valence-corrected chi connectivity index (χ3v) is 5.26. The lowest BCUT2D eigenvalue weighted by Gasteiger charge is -2.26. The van der Waals surface area contributed by atoms with Gasteiger partial charge in [-0.25, -0.2) is 14.8 Å². The van der Waals surface area contributed by atoms with Crippen molar-refractivity contribution in [1.29, 1.82) is 0 Å². The van der Waals surface area contributed by atoms with Crippen LogP contribution >= 0.6 is 0 Å². The molecule has 0 bridgehead atoms. The standard InChI is InChI=1S/C22H26N4O4/c1-2-29-22(28)18-19(27)17(13-15-14-25-20-16(15)7-6-8-23-20)30-21(18)24-9-12-26-10-4-3-5-11-26/h6-8,13-14,24,27H,2-5,9-12H2,1H3. The van der Waals surface area contributed by atoms with E-state index in [9.17, 15) is 9.90 Å². The van der Waals surface area contributed by atoms with Crippen molar-refractivity contribution in [3.05, 3.63) is 35.2 Å². The van der Waals surface area contributed by atoms with E-state index in [2.05, 4.69) is 20.2 Å². The minimum atomic E-state index is -0.619. The molecule has 2 aliphatic rings. The molecule has 0 unspecified atom stereocenters. The fourth-order valence-corrected chi connectivity index (χ4v) is 3.75. The van der Waals surface area contributed by atoms with Crippen LogP contribution in [0.15, 0.2) is 27.7 Å². The first-order chi connectivity index (χ1) is 14.7. The minimum Gasteiger partial charge on any atom is -0.504 e. The number of allylic oxidation sites excluding steroid dienone is 1. The number of likely N-dealkylation sites (tertiary alicyclic amines) is 1. The van der Waals surface area contributed by atoms with Gasteiger partial charge in [0, 0.05) is 36.6 Å². The Labute approximate surface area is 175 Å². The molecule has 4 rings (SSSR count). The molecule has 1 fully saturated rings. The van der Waals surface area contributed by atoms with Crippen LogP contribution in [0.3, 0.4) is 0 Å². The number of pyridine rings is 1. The number of anilines is 1. The average Bonchev–Trinajstić information content (AvgIpc) is 3.30. The van der Waals surface area contributed by atoms with E-state index in [4.69, 9.17) is 9.15 Å². The Morgan fingerprint density at radius 1 is 1.37 bits per heavy atom. The predicted octanol–water partition coefficient (Wildman–Crippen LogP) is 3.71. The summed E-state index contributed by atoms with van der Waals surface area (Å²) in [6.07, 6.45) is 8.70. The van der Waals surface area contributed by atoms with Gasteiger partial charge in [0.2, 0.25) is 5.88 Å². The largest absolute Gasteiger partial charge is 0.504 e. The second-order valence-electron chi connectivity index (χ2n) is 7.30. The first-order valence-electron chi connectivity index (χ1n) is 10.4. The van der Waals surface area contributed by atoms with Crippen LogP contribution in [0.2, 0.25) is 0 Å². The number of piperidine rings is 1. The normalized spacial score (nSPS) is 17.3. The number of hydrogen-bond donors (Lipinski definition) is 2. The zero-order valence-corrected chi connectivity index (χ0v) is 17.1. The predicted molar refractivity (Wildman–Crippen MR) is 115 cm³/mol. The molecule has 0 aromatic carbocycles. The van der Waals surface area contributed by atoms with Gasteiger partial charge in [0.1, 0.15) is 0 Å². The van der Waals surface area contributed by atoms with Crippen molar-refractivity contribution < 1.29 is 19.1 Å². The fourth-order valence-electron chi connectivity index (χ4n) is 3.75.